The Hall–Kier alpha value is -3.73. The van der Waals surface area contributed by atoms with E-state index in [1.54, 1.807) is 19.1 Å². The van der Waals surface area contributed by atoms with Crippen LogP contribution in [0.4, 0.5) is 0 Å². The highest BCUT2D eigenvalue weighted by Crippen LogP contribution is 2.43. The summed E-state index contributed by atoms with van der Waals surface area (Å²) in [6, 6.07) is 21.7. The zero-order valence-electron chi connectivity index (χ0n) is 20.2. The van der Waals surface area contributed by atoms with Crippen LogP contribution >= 0.6 is 0 Å². The number of ether oxygens (including phenoxy) is 2. The number of methoxy groups -OCH3 is 2. The average molecular weight is 458 g/mol. The van der Waals surface area contributed by atoms with Gasteiger partial charge in [0, 0.05) is 12.1 Å². The first-order valence-electron chi connectivity index (χ1n) is 11.6. The lowest BCUT2D eigenvalue weighted by atomic mass is 9.92. The van der Waals surface area contributed by atoms with E-state index in [0.717, 1.165) is 28.7 Å². The van der Waals surface area contributed by atoms with Crippen molar-refractivity contribution < 1.29 is 19.4 Å². The van der Waals surface area contributed by atoms with Gasteiger partial charge in [0.05, 0.1) is 20.3 Å². The standard InChI is InChI=1S/C29H31NO4/c1-5-20-8-13-23(14-9-20)27-26(22-11-6-19(2)7-12-22)28(31)29(32)30(27)17-16-21-10-15-24(33-3)25(18-21)34-4/h6-15,18,27,31H,5,16-17H2,1-4H3/t27-/m0/s1. The van der Waals surface area contributed by atoms with Crippen molar-refractivity contribution in [3.05, 3.63) is 100 Å². The second kappa shape index (κ2) is 10.0. The fraction of sp³-hybridized carbons (Fsp3) is 0.276. The number of carbonyl (C=O) groups excluding carboxylic acids is 1. The molecule has 5 heteroatoms. The van der Waals surface area contributed by atoms with Crippen molar-refractivity contribution in [2.75, 3.05) is 20.8 Å². The van der Waals surface area contributed by atoms with E-state index in [9.17, 15) is 9.90 Å². The molecule has 5 nitrogen and oxygen atoms in total. The predicted molar refractivity (Wildman–Crippen MR) is 134 cm³/mol. The molecule has 1 aliphatic heterocycles. The third-order valence-corrected chi connectivity index (χ3v) is 6.46. The minimum Gasteiger partial charge on any atom is -0.503 e. The Morgan fingerprint density at radius 3 is 2.15 bits per heavy atom. The number of nitrogens with zero attached hydrogens (tertiary/aromatic N) is 1. The van der Waals surface area contributed by atoms with Crippen LogP contribution in [0.3, 0.4) is 0 Å². The van der Waals surface area contributed by atoms with E-state index in [4.69, 9.17) is 9.47 Å². The molecule has 1 N–H and O–H groups in total. The molecule has 0 aliphatic carbocycles. The van der Waals surface area contributed by atoms with Crippen molar-refractivity contribution in [1.29, 1.82) is 0 Å². The van der Waals surface area contributed by atoms with Crippen molar-refractivity contribution in [2.24, 2.45) is 0 Å². The lowest BCUT2D eigenvalue weighted by Gasteiger charge is -2.28. The lowest BCUT2D eigenvalue weighted by Crippen LogP contribution is -2.32. The van der Waals surface area contributed by atoms with Crippen molar-refractivity contribution in [3.8, 4) is 11.5 Å². The molecule has 1 atom stereocenters. The molecule has 176 valence electrons. The molecule has 1 heterocycles. The molecule has 0 fully saturated rings. The number of hydrogen-bond acceptors (Lipinski definition) is 4. The van der Waals surface area contributed by atoms with E-state index >= 15 is 0 Å². The Kier molecular flexibility index (Phi) is 6.92. The molecule has 0 saturated carbocycles. The van der Waals surface area contributed by atoms with Crippen molar-refractivity contribution in [3.63, 3.8) is 0 Å². The minimum atomic E-state index is -0.360. The van der Waals surface area contributed by atoms with Crippen LogP contribution < -0.4 is 9.47 Å². The molecule has 4 rings (SSSR count). The fourth-order valence-corrected chi connectivity index (χ4v) is 4.48. The number of benzene rings is 3. The Labute approximate surface area is 201 Å². The molecule has 0 aromatic heterocycles. The number of aliphatic hydroxyl groups is 1. The first-order chi connectivity index (χ1) is 16.5. The van der Waals surface area contributed by atoms with Gasteiger partial charge in [-0.3, -0.25) is 4.79 Å². The number of carbonyl (C=O) groups is 1. The van der Waals surface area contributed by atoms with Crippen molar-refractivity contribution in [1.82, 2.24) is 4.90 Å². The maximum absolute atomic E-state index is 13.3. The molecule has 0 bridgehead atoms. The number of hydrogen-bond donors (Lipinski definition) is 1. The van der Waals surface area contributed by atoms with Gasteiger partial charge < -0.3 is 19.5 Å². The summed E-state index contributed by atoms with van der Waals surface area (Å²) in [5.74, 6) is 0.792. The lowest BCUT2D eigenvalue weighted by molar-refractivity contribution is -0.129. The van der Waals surface area contributed by atoms with E-state index in [0.29, 0.717) is 30.0 Å². The second-order valence-corrected chi connectivity index (χ2v) is 8.56. The van der Waals surface area contributed by atoms with Gasteiger partial charge in [0.15, 0.2) is 17.3 Å². The average Bonchev–Trinajstić information content (AvgIpc) is 3.12. The summed E-state index contributed by atoms with van der Waals surface area (Å²) in [5.41, 5.74) is 5.87. The Bertz CT molecular complexity index is 1200. The maximum Gasteiger partial charge on any atom is 0.289 e. The quantitative estimate of drug-likeness (QED) is 0.474. The molecule has 3 aromatic rings. The highest BCUT2D eigenvalue weighted by Gasteiger charge is 2.40. The third-order valence-electron chi connectivity index (χ3n) is 6.46. The monoisotopic (exact) mass is 457 g/mol. The van der Waals surface area contributed by atoms with Gasteiger partial charge in [-0.1, -0.05) is 67.1 Å². The van der Waals surface area contributed by atoms with Gasteiger partial charge in [-0.25, -0.2) is 0 Å². The van der Waals surface area contributed by atoms with Gasteiger partial charge in [-0.05, 0) is 54.2 Å². The molecule has 1 aliphatic rings. The van der Waals surface area contributed by atoms with Crippen LogP contribution in [-0.4, -0.2) is 36.7 Å². The van der Waals surface area contributed by atoms with Gasteiger partial charge in [-0.15, -0.1) is 0 Å². The summed E-state index contributed by atoms with van der Waals surface area (Å²) >= 11 is 0. The Morgan fingerprint density at radius 2 is 1.53 bits per heavy atom. The van der Waals surface area contributed by atoms with Crippen LogP contribution in [0.5, 0.6) is 11.5 Å². The molecule has 0 spiro atoms. The third kappa shape index (κ3) is 4.51. The first kappa shape index (κ1) is 23.4. The number of rotatable bonds is 8. The van der Waals surface area contributed by atoms with Crippen LogP contribution in [0.15, 0.2) is 72.5 Å². The smallest absolute Gasteiger partial charge is 0.289 e. The summed E-state index contributed by atoms with van der Waals surface area (Å²) in [6.07, 6.45) is 1.56. The van der Waals surface area contributed by atoms with Crippen LogP contribution in [0.25, 0.3) is 5.57 Å². The van der Waals surface area contributed by atoms with E-state index in [2.05, 4.69) is 31.2 Å². The molecular formula is C29H31NO4. The molecule has 0 radical (unpaired) electrons. The predicted octanol–water partition coefficient (Wildman–Crippen LogP) is 5.67. The fourth-order valence-electron chi connectivity index (χ4n) is 4.48. The topological polar surface area (TPSA) is 59.0 Å². The molecule has 3 aromatic carbocycles. The summed E-state index contributed by atoms with van der Waals surface area (Å²) in [7, 11) is 3.22. The van der Waals surface area contributed by atoms with Crippen LogP contribution in [-0.2, 0) is 17.6 Å². The van der Waals surface area contributed by atoms with Crippen molar-refractivity contribution >= 4 is 11.5 Å². The number of amides is 1. The summed E-state index contributed by atoms with van der Waals surface area (Å²) in [6.45, 7) is 4.59. The zero-order valence-corrected chi connectivity index (χ0v) is 20.2. The van der Waals surface area contributed by atoms with E-state index in [1.807, 2.05) is 49.4 Å². The van der Waals surface area contributed by atoms with E-state index in [-0.39, 0.29) is 17.7 Å². The van der Waals surface area contributed by atoms with E-state index < -0.39 is 0 Å². The number of aliphatic hydroxyl groups excluding tert-OH is 1. The highest BCUT2D eigenvalue weighted by atomic mass is 16.5. The second-order valence-electron chi connectivity index (χ2n) is 8.56. The normalized spacial score (nSPS) is 15.7. The Morgan fingerprint density at radius 1 is 0.882 bits per heavy atom. The van der Waals surface area contributed by atoms with Gasteiger partial charge in [0.25, 0.3) is 5.91 Å². The van der Waals surface area contributed by atoms with Gasteiger partial charge >= 0.3 is 0 Å². The number of aryl methyl sites for hydroxylation is 2. The largest absolute Gasteiger partial charge is 0.503 e. The molecule has 0 saturated heterocycles. The van der Waals surface area contributed by atoms with Crippen LogP contribution in [0, 0.1) is 6.92 Å². The molecule has 34 heavy (non-hydrogen) atoms. The van der Waals surface area contributed by atoms with Crippen LogP contribution in [0.2, 0.25) is 0 Å². The van der Waals surface area contributed by atoms with E-state index in [1.165, 1.54) is 5.56 Å². The zero-order chi connectivity index (χ0) is 24.2. The Balaban J connectivity index is 1.69. The SMILES string of the molecule is CCc1ccc([C@H]2C(c3ccc(C)cc3)=C(O)C(=O)N2CCc2ccc(OC)c(OC)c2)cc1. The highest BCUT2D eigenvalue weighted by molar-refractivity contribution is 6.05. The van der Waals surface area contributed by atoms with Gasteiger partial charge in [0.1, 0.15) is 0 Å². The summed E-state index contributed by atoms with van der Waals surface area (Å²) < 4.78 is 10.8. The maximum atomic E-state index is 13.3. The van der Waals surface area contributed by atoms with Crippen LogP contribution in [0.1, 0.15) is 40.8 Å². The van der Waals surface area contributed by atoms with Gasteiger partial charge in [-0.2, -0.15) is 0 Å². The molecule has 1 amide bonds. The minimum absolute atomic E-state index is 0.180. The summed E-state index contributed by atoms with van der Waals surface area (Å²) in [4.78, 5) is 15.0. The molecule has 0 unspecified atom stereocenters. The molecular weight excluding hydrogens is 426 g/mol. The summed E-state index contributed by atoms with van der Waals surface area (Å²) in [5, 5.41) is 11.0. The van der Waals surface area contributed by atoms with Crippen molar-refractivity contribution in [2.45, 2.75) is 32.7 Å². The van der Waals surface area contributed by atoms with Gasteiger partial charge in [0.2, 0.25) is 0 Å². The first-order valence-corrected chi connectivity index (χ1v) is 11.6.